The highest BCUT2D eigenvalue weighted by Crippen LogP contribution is 2.22. The smallest absolute Gasteiger partial charge is 0.287 e. The molecule has 1 aromatic carbocycles. The van der Waals surface area contributed by atoms with Crippen molar-refractivity contribution in [3.63, 3.8) is 0 Å². The van der Waals surface area contributed by atoms with Gasteiger partial charge in [0.15, 0.2) is 0 Å². The number of nitrogens with zero attached hydrogens (tertiary/aromatic N) is 5. The summed E-state index contributed by atoms with van der Waals surface area (Å²) in [6.45, 7) is 6.19. The first-order chi connectivity index (χ1) is 11.9. The molecule has 0 radical (unpaired) electrons. The molecule has 8 heteroatoms. The van der Waals surface area contributed by atoms with Crippen LogP contribution in [0.1, 0.15) is 22.8 Å². The van der Waals surface area contributed by atoms with Crippen LogP contribution < -0.4 is 5.32 Å². The summed E-state index contributed by atoms with van der Waals surface area (Å²) in [6.07, 6.45) is 1.25. The van der Waals surface area contributed by atoms with Gasteiger partial charge in [-0.2, -0.15) is 5.10 Å². The molecule has 1 N–H and O–H groups in total. The summed E-state index contributed by atoms with van der Waals surface area (Å²) in [4.78, 5) is 18.8. The molecular formula is C17H18N6O2. The molecule has 2 heterocycles. The summed E-state index contributed by atoms with van der Waals surface area (Å²) in [5.41, 5.74) is 2.62. The molecule has 8 nitrogen and oxygen atoms in total. The lowest BCUT2D eigenvalue weighted by atomic mass is 10.2. The van der Waals surface area contributed by atoms with Crippen LogP contribution in [0.5, 0.6) is 0 Å². The fourth-order valence-corrected chi connectivity index (χ4v) is 2.56. The van der Waals surface area contributed by atoms with Crippen LogP contribution in [0.15, 0.2) is 36.5 Å². The zero-order chi connectivity index (χ0) is 18.0. The Balaban J connectivity index is 1.80. The Labute approximate surface area is 144 Å². The van der Waals surface area contributed by atoms with E-state index >= 15 is 0 Å². The molecule has 0 aliphatic heterocycles. The number of pyridine rings is 1. The van der Waals surface area contributed by atoms with Crippen LogP contribution >= 0.6 is 0 Å². The Morgan fingerprint density at radius 3 is 2.68 bits per heavy atom. The summed E-state index contributed by atoms with van der Waals surface area (Å²) in [5, 5.41) is 18.4. The van der Waals surface area contributed by atoms with Crippen LogP contribution in [0, 0.1) is 30.9 Å². The summed E-state index contributed by atoms with van der Waals surface area (Å²) >= 11 is 0. The maximum atomic E-state index is 10.8. The van der Waals surface area contributed by atoms with Gasteiger partial charge in [-0.1, -0.05) is 12.1 Å². The molecule has 0 saturated heterocycles. The van der Waals surface area contributed by atoms with Gasteiger partial charge in [-0.25, -0.2) is 14.6 Å². The third-order valence-corrected chi connectivity index (χ3v) is 3.76. The first-order valence-corrected chi connectivity index (χ1v) is 7.77. The third-order valence-electron chi connectivity index (χ3n) is 3.76. The van der Waals surface area contributed by atoms with Crippen molar-refractivity contribution in [1.29, 1.82) is 0 Å². The Kier molecular flexibility index (Phi) is 4.42. The molecular weight excluding hydrogens is 320 g/mol. The summed E-state index contributed by atoms with van der Waals surface area (Å²) in [6, 6.07) is 9.38. The first kappa shape index (κ1) is 16.6. The fourth-order valence-electron chi connectivity index (χ4n) is 2.56. The molecule has 0 bridgehead atoms. The normalized spacial score (nSPS) is 10.7. The summed E-state index contributed by atoms with van der Waals surface area (Å²) in [7, 11) is 0. The first-order valence-electron chi connectivity index (χ1n) is 7.77. The molecule has 0 saturated carbocycles. The molecule has 25 heavy (non-hydrogen) atoms. The van der Waals surface area contributed by atoms with Crippen LogP contribution in [-0.2, 0) is 6.54 Å². The van der Waals surface area contributed by atoms with Gasteiger partial charge in [0, 0.05) is 11.8 Å². The Hall–Kier alpha value is -3.29. The lowest BCUT2D eigenvalue weighted by Gasteiger charge is -2.10. The lowest BCUT2D eigenvalue weighted by Crippen LogP contribution is -2.05. The Morgan fingerprint density at radius 1 is 1.24 bits per heavy atom. The molecule has 2 aromatic heterocycles. The predicted octanol–water partition coefficient (Wildman–Crippen LogP) is 3.30. The number of aryl methyl sites for hydroxylation is 3. The zero-order valence-corrected chi connectivity index (χ0v) is 14.2. The third kappa shape index (κ3) is 3.79. The van der Waals surface area contributed by atoms with Crippen molar-refractivity contribution in [3.8, 4) is 0 Å². The van der Waals surface area contributed by atoms with Crippen molar-refractivity contribution in [3.05, 3.63) is 69.4 Å². The van der Waals surface area contributed by atoms with Gasteiger partial charge in [-0.15, -0.1) is 0 Å². The monoisotopic (exact) mass is 338 g/mol. The van der Waals surface area contributed by atoms with Crippen LogP contribution in [0.4, 0.5) is 17.2 Å². The van der Waals surface area contributed by atoms with E-state index in [1.807, 2.05) is 42.8 Å². The van der Waals surface area contributed by atoms with Gasteiger partial charge in [0.1, 0.15) is 23.7 Å². The van der Waals surface area contributed by atoms with Gasteiger partial charge in [-0.3, -0.25) is 10.1 Å². The van der Waals surface area contributed by atoms with Gasteiger partial charge in [0.05, 0.1) is 11.5 Å². The minimum atomic E-state index is -0.452. The van der Waals surface area contributed by atoms with Gasteiger partial charge in [0.2, 0.25) is 0 Å². The van der Waals surface area contributed by atoms with Gasteiger partial charge in [-0.05, 0) is 44.0 Å². The van der Waals surface area contributed by atoms with Crippen molar-refractivity contribution in [2.24, 2.45) is 0 Å². The van der Waals surface area contributed by atoms with E-state index in [4.69, 9.17) is 0 Å². The van der Waals surface area contributed by atoms with E-state index < -0.39 is 4.92 Å². The second-order valence-corrected chi connectivity index (χ2v) is 5.81. The van der Waals surface area contributed by atoms with E-state index in [9.17, 15) is 10.1 Å². The van der Waals surface area contributed by atoms with E-state index in [1.54, 1.807) is 6.92 Å². The number of hydrogen-bond donors (Lipinski definition) is 1. The minimum absolute atomic E-state index is 0.0196. The van der Waals surface area contributed by atoms with Crippen LogP contribution in [0.25, 0.3) is 0 Å². The number of benzene rings is 1. The van der Waals surface area contributed by atoms with E-state index in [-0.39, 0.29) is 5.69 Å². The van der Waals surface area contributed by atoms with Crippen LogP contribution in [-0.4, -0.2) is 24.7 Å². The minimum Gasteiger partial charge on any atom is -0.340 e. The Bertz CT molecular complexity index is 935. The average molecular weight is 338 g/mol. The maximum Gasteiger partial charge on any atom is 0.287 e. The Morgan fingerprint density at radius 2 is 2.04 bits per heavy atom. The van der Waals surface area contributed by atoms with Crippen molar-refractivity contribution < 1.29 is 4.92 Å². The topological polar surface area (TPSA) is 98.8 Å². The summed E-state index contributed by atoms with van der Waals surface area (Å²) in [5.74, 6) is 2.21. The fraction of sp³-hybridized carbons (Fsp3) is 0.235. The van der Waals surface area contributed by atoms with E-state index in [0.29, 0.717) is 17.9 Å². The molecule has 0 aliphatic carbocycles. The van der Waals surface area contributed by atoms with Crippen LogP contribution in [0.2, 0.25) is 0 Å². The van der Waals surface area contributed by atoms with Crippen molar-refractivity contribution in [2.75, 3.05) is 5.32 Å². The van der Waals surface area contributed by atoms with Crippen molar-refractivity contribution >= 4 is 17.2 Å². The number of hydrogen-bond acceptors (Lipinski definition) is 6. The molecule has 128 valence electrons. The second-order valence-electron chi connectivity index (χ2n) is 5.81. The maximum absolute atomic E-state index is 10.8. The van der Waals surface area contributed by atoms with E-state index in [1.165, 1.54) is 12.3 Å². The highest BCUT2D eigenvalue weighted by molar-refractivity contribution is 5.61. The molecule has 0 amide bonds. The van der Waals surface area contributed by atoms with Gasteiger partial charge >= 0.3 is 0 Å². The molecule has 0 spiro atoms. The highest BCUT2D eigenvalue weighted by atomic mass is 16.6. The van der Waals surface area contributed by atoms with Gasteiger partial charge in [0.25, 0.3) is 5.69 Å². The number of nitro groups is 1. The molecule has 0 atom stereocenters. The van der Waals surface area contributed by atoms with Crippen LogP contribution in [0.3, 0.4) is 0 Å². The quantitative estimate of drug-likeness (QED) is 0.566. The van der Waals surface area contributed by atoms with E-state index in [0.717, 1.165) is 22.9 Å². The summed E-state index contributed by atoms with van der Waals surface area (Å²) < 4.78 is 1.85. The molecule has 3 aromatic rings. The average Bonchev–Trinajstić information content (AvgIpc) is 2.87. The van der Waals surface area contributed by atoms with Crippen molar-refractivity contribution in [1.82, 2.24) is 19.7 Å². The second kappa shape index (κ2) is 6.68. The predicted molar refractivity (Wildman–Crippen MR) is 94.0 cm³/mol. The highest BCUT2D eigenvalue weighted by Gasteiger charge is 2.10. The number of nitrogens with one attached hydrogen (secondary N) is 1. The van der Waals surface area contributed by atoms with Gasteiger partial charge < -0.3 is 5.32 Å². The van der Waals surface area contributed by atoms with Crippen molar-refractivity contribution in [2.45, 2.75) is 27.3 Å². The number of aromatic nitrogens is 4. The largest absolute Gasteiger partial charge is 0.340 e. The molecule has 0 fully saturated rings. The lowest BCUT2D eigenvalue weighted by molar-refractivity contribution is -0.385. The molecule has 0 aliphatic rings. The SMILES string of the molecule is Cc1nc(C)n(Cc2cccc(Nc3ncc([N+](=O)[O-])cc3C)c2)n1. The standard InChI is InChI=1S/C17H18N6O2/c1-11-7-16(23(24)25)9-18-17(11)20-15-6-4-5-14(8-15)10-22-13(3)19-12(2)21-22/h4-9H,10H2,1-3H3,(H,18,20). The number of rotatable bonds is 5. The zero-order valence-electron chi connectivity index (χ0n) is 14.2. The van der Waals surface area contributed by atoms with E-state index in [2.05, 4.69) is 20.4 Å². The molecule has 3 rings (SSSR count). The number of anilines is 2. The molecule has 0 unspecified atom stereocenters.